The average Bonchev–Trinajstić information content (AvgIpc) is 2.39. The molecule has 1 aromatic heterocycles. The molecule has 1 aliphatic rings. The highest BCUT2D eigenvalue weighted by atomic mass is 16.5. The number of anilines is 1. The van der Waals surface area contributed by atoms with Gasteiger partial charge in [0.25, 0.3) is 0 Å². The molecule has 5 nitrogen and oxygen atoms in total. The minimum absolute atomic E-state index is 0.108. The van der Waals surface area contributed by atoms with Crippen LogP contribution in [0.25, 0.3) is 0 Å². The van der Waals surface area contributed by atoms with Crippen molar-refractivity contribution in [2.75, 3.05) is 12.8 Å². The van der Waals surface area contributed by atoms with Gasteiger partial charge in [-0.2, -0.15) is 0 Å². The minimum Gasteiger partial charge on any atom is -0.473 e. The van der Waals surface area contributed by atoms with Gasteiger partial charge in [-0.15, -0.1) is 0 Å². The summed E-state index contributed by atoms with van der Waals surface area (Å²) in [6, 6.07) is 1.54. The second kappa shape index (κ2) is 6.11. The molecule has 20 heavy (non-hydrogen) atoms. The van der Waals surface area contributed by atoms with E-state index in [1.165, 1.54) is 19.7 Å². The van der Waals surface area contributed by atoms with Gasteiger partial charge in [0.15, 0.2) is 0 Å². The van der Waals surface area contributed by atoms with Crippen LogP contribution in [0.4, 0.5) is 5.69 Å². The van der Waals surface area contributed by atoms with Crippen molar-refractivity contribution < 1.29 is 14.3 Å². The number of esters is 1. The minimum atomic E-state index is -0.472. The number of carbonyl (C=O) groups excluding carboxylic acids is 1. The summed E-state index contributed by atoms with van der Waals surface area (Å²) in [6.45, 7) is 4.46. The summed E-state index contributed by atoms with van der Waals surface area (Å²) in [5.41, 5.74) is 6.51. The smallest absolute Gasteiger partial charge is 0.340 e. The fourth-order valence-corrected chi connectivity index (χ4v) is 2.96. The summed E-state index contributed by atoms with van der Waals surface area (Å²) in [5.74, 6) is 1.13. The number of methoxy groups -OCH3 is 1. The molecule has 1 aromatic rings. The van der Waals surface area contributed by atoms with Crippen molar-refractivity contribution in [3.8, 4) is 5.88 Å². The quantitative estimate of drug-likeness (QED) is 0.860. The Hall–Kier alpha value is -1.78. The second-order valence-corrected chi connectivity index (χ2v) is 5.73. The van der Waals surface area contributed by atoms with E-state index in [2.05, 4.69) is 18.8 Å². The summed E-state index contributed by atoms with van der Waals surface area (Å²) in [6.07, 6.45) is 4.84. The summed E-state index contributed by atoms with van der Waals surface area (Å²) in [4.78, 5) is 15.7. The van der Waals surface area contributed by atoms with Gasteiger partial charge in [0, 0.05) is 6.20 Å². The Morgan fingerprint density at radius 1 is 1.30 bits per heavy atom. The first kappa shape index (κ1) is 14.6. The van der Waals surface area contributed by atoms with Crippen LogP contribution < -0.4 is 10.5 Å². The number of carbonyl (C=O) groups is 1. The molecule has 1 saturated carbocycles. The largest absolute Gasteiger partial charge is 0.473 e. The van der Waals surface area contributed by atoms with Gasteiger partial charge in [-0.3, -0.25) is 0 Å². The fourth-order valence-electron chi connectivity index (χ4n) is 2.96. The predicted octanol–water partition coefficient (Wildman–Crippen LogP) is 2.65. The number of nitrogens with two attached hydrogens (primary N) is 1. The predicted molar refractivity (Wildman–Crippen MR) is 76.6 cm³/mol. The van der Waals surface area contributed by atoms with Crippen LogP contribution in [0.3, 0.4) is 0 Å². The fraction of sp³-hybridized carbons (Fsp3) is 0.600. The van der Waals surface area contributed by atoms with Crippen LogP contribution in [0.5, 0.6) is 5.88 Å². The maximum atomic E-state index is 11.6. The molecule has 110 valence electrons. The number of aromatic nitrogens is 1. The molecule has 0 aliphatic heterocycles. The Morgan fingerprint density at radius 3 is 2.55 bits per heavy atom. The maximum Gasteiger partial charge on any atom is 0.340 e. The highest BCUT2D eigenvalue weighted by Crippen LogP contribution is 2.33. The molecule has 1 aliphatic carbocycles. The summed E-state index contributed by atoms with van der Waals surface area (Å²) < 4.78 is 10.6. The lowest BCUT2D eigenvalue weighted by Gasteiger charge is -2.31. The third-order valence-corrected chi connectivity index (χ3v) is 3.77. The van der Waals surface area contributed by atoms with Crippen molar-refractivity contribution in [3.63, 3.8) is 0 Å². The maximum absolute atomic E-state index is 11.6. The zero-order valence-electron chi connectivity index (χ0n) is 12.3. The highest BCUT2D eigenvalue weighted by Gasteiger charge is 2.26. The molecule has 1 heterocycles. The van der Waals surface area contributed by atoms with Gasteiger partial charge in [0.05, 0.1) is 12.7 Å². The molecule has 2 unspecified atom stereocenters. The van der Waals surface area contributed by atoms with Gasteiger partial charge in [0.2, 0.25) is 5.88 Å². The standard InChI is InChI=1S/C15H22N2O3/c1-9-6-10(2)8-11(7-9)20-14-13(16)12(4-5-17-14)15(18)19-3/h4-5,9-11H,6-8,16H2,1-3H3. The molecule has 0 amide bonds. The second-order valence-electron chi connectivity index (χ2n) is 5.73. The number of hydrogen-bond donors (Lipinski definition) is 1. The number of ether oxygens (including phenoxy) is 2. The Kier molecular flexibility index (Phi) is 4.47. The summed E-state index contributed by atoms with van der Waals surface area (Å²) >= 11 is 0. The molecule has 2 rings (SSSR count). The normalized spacial score (nSPS) is 26.1. The molecular formula is C15H22N2O3. The van der Waals surface area contributed by atoms with Gasteiger partial charge in [-0.1, -0.05) is 13.8 Å². The van der Waals surface area contributed by atoms with Crippen LogP contribution in [0.2, 0.25) is 0 Å². The van der Waals surface area contributed by atoms with E-state index < -0.39 is 5.97 Å². The van der Waals surface area contributed by atoms with Crippen molar-refractivity contribution in [1.82, 2.24) is 4.98 Å². The molecule has 5 heteroatoms. The number of hydrogen-bond acceptors (Lipinski definition) is 5. The third kappa shape index (κ3) is 3.21. The Bertz CT molecular complexity index is 480. The molecule has 2 atom stereocenters. The number of nitrogen functional groups attached to an aromatic ring is 1. The number of rotatable bonds is 3. The lowest BCUT2D eigenvalue weighted by molar-refractivity contribution is 0.0599. The monoisotopic (exact) mass is 278 g/mol. The van der Waals surface area contributed by atoms with Crippen LogP contribution in [-0.4, -0.2) is 24.2 Å². The topological polar surface area (TPSA) is 74.4 Å². The van der Waals surface area contributed by atoms with E-state index in [-0.39, 0.29) is 11.8 Å². The highest BCUT2D eigenvalue weighted by molar-refractivity contribution is 5.95. The molecule has 0 saturated heterocycles. The average molecular weight is 278 g/mol. The van der Waals surface area contributed by atoms with E-state index in [1.807, 2.05) is 0 Å². The van der Waals surface area contributed by atoms with Crippen molar-refractivity contribution in [2.24, 2.45) is 11.8 Å². The lowest BCUT2D eigenvalue weighted by Crippen LogP contribution is -2.29. The van der Waals surface area contributed by atoms with Crippen LogP contribution in [0.15, 0.2) is 12.3 Å². The first-order valence-corrected chi connectivity index (χ1v) is 7.00. The molecule has 1 fully saturated rings. The van der Waals surface area contributed by atoms with Gasteiger partial charge in [-0.25, -0.2) is 9.78 Å². The van der Waals surface area contributed by atoms with Crippen LogP contribution in [0, 0.1) is 11.8 Å². The zero-order valence-corrected chi connectivity index (χ0v) is 12.3. The molecule has 0 radical (unpaired) electrons. The van der Waals surface area contributed by atoms with E-state index in [0.717, 1.165) is 12.8 Å². The van der Waals surface area contributed by atoms with E-state index in [4.69, 9.17) is 15.2 Å². The Morgan fingerprint density at radius 2 is 1.95 bits per heavy atom. The van der Waals surface area contributed by atoms with Crippen molar-refractivity contribution in [3.05, 3.63) is 17.8 Å². The molecule has 2 N–H and O–H groups in total. The SMILES string of the molecule is COC(=O)c1ccnc(OC2CC(C)CC(C)C2)c1N. The van der Waals surface area contributed by atoms with Crippen LogP contribution >= 0.6 is 0 Å². The van der Waals surface area contributed by atoms with Gasteiger partial charge < -0.3 is 15.2 Å². The van der Waals surface area contributed by atoms with E-state index in [1.54, 1.807) is 6.07 Å². The van der Waals surface area contributed by atoms with Gasteiger partial charge in [-0.05, 0) is 37.2 Å². The summed E-state index contributed by atoms with van der Waals surface area (Å²) in [5, 5.41) is 0. The number of pyridine rings is 1. The number of nitrogens with zero attached hydrogens (tertiary/aromatic N) is 1. The lowest BCUT2D eigenvalue weighted by atomic mass is 9.82. The third-order valence-electron chi connectivity index (χ3n) is 3.77. The molecular weight excluding hydrogens is 256 g/mol. The Labute approximate surface area is 119 Å². The van der Waals surface area contributed by atoms with Crippen LogP contribution in [0.1, 0.15) is 43.5 Å². The van der Waals surface area contributed by atoms with Crippen molar-refractivity contribution in [2.45, 2.75) is 39.2 Å². The van der Waals surface area contributed by atoms with Crippen molar-refractivity contribution >= 4 is 11.7 Å². The molecule has 0 aromatic carbocycles. The first-order chi connectivity index (χ1) is 9.51. The zero-order chi connectivity index (χ0) is 14.7. The van der Waals surface area contributed by atoms with Crippen molar-refractivity contribution in [1.29, 1.82) is 0 Å². The molecule has 0 spiro atoms. The van der Waals surface area contributed by atoms with Gasteiger partial charge >= 0.3 is 5.97 Å². The first-order valence-electron chi connectivity index (χ1n) is 7.00. The van der Waals surface area contributed by atoms with E-state index >= 15 is 0 Å². The van der Waals surface area contributed by atoms with Crippen LogP contribution in [-0.2, 0) is 4.74 Å². The Balaban J connectivity index is 2.15. The van der Waals surface area contributed by atoms with Gasteiger partial charge in [0.1, 0.15) is 11.8 Å². The van der Waals surface area contributed by atoms with E-state index in [0.29, 0.717) is 23.3 Å². The molecule has 0 bridgehead atoms. The van der Waals surface area contributed by atoms with E-state index in [9.17, 15) is 4.79 Å². The summed E-state index contributed by atoms with van der Waals surface area (Å²) in [7, 11) is 1.33.